The zero-order valence-electron chi connectivity index (χ0n) is 12.4. The summed E-state index contributed by atoms with van der Waals surface area (Å²) in [6.07, 6.45) is 1.07. The van der Waals surface area contributed by atoms with Gasteiger partial charge in [0.2, 0.25) is 5.91 Å². The van der Waals surface area contributed by atoms with E-state index in [-0.39, 0.29) is 5.91 Å². The lowest BCUT2D eigenvalue weighted by Gasteiger charge is -2.07. The first-order valence-electron chi connectivity index (χ1n) is 7.03. The molecule has 1 aromatic carbocycles. The van der Waals surface area contributed by atoms with Crippen LogP contribution in [0.15, 0.2) is 34.9 Å². The molecule has 0 fully saturated rings. The zero-order chi connectivity index (χ0) is 15.1. The van der Waals surface area contributed by atoms with E-state index in [1.807, 2.05) is 44.2 Å². The molecule has 1 N–H and O–H groups in total. The van der Waals surface area contributed by atoms with E-state index >= 15 is 0 Å². The van der Waals surface area contributed by atoms with Crippen LogP contribution in [0.5, 0.6) is 5.75 Å². The molecule has 0 aliphatic carbocycles. The van der Waals surface area contributed by atoms with Gasteiger partial charge in [-0.15, -0.1) is 0 Å². The van der Waals surface area contributed by atoms with Gasteiger partial charge in [-0.25, -0.2) is 0 Å². The van der Waals surface area contributed by atoms with Crippen molar-refractivity contribution in [2.75, 3.05) is 13.2 Å². The zero-order valence-corrected chi connectivity index (χ0v) is 12.4. The van der Waals surface area contributed by atoms with Gasteiger partial charge in [0.05, 0.1) is 18.7 Å². The summed E-state index contributed by atoms with van der Waals surface area (Å²) in [6, 6.07) is 9.63. The van der Waals surface area contributed by atoms with Gasteiger partial charge >= 0.3 is 0 Å². The molecule has 0 saturated carbocycles. The lowest BCUT2D eigenvalue weighted by atomic mass is 10.1. The number of nitrogens with one attached hydrogen (secondary N) is 1. The number of benzene rings is 1. The Kier molecular flexibility index (Phi) is 5.37. The van der Waals surface area contributed by atoms with Gasteiger partial charge in [0.1, 0.15) is 11.5 Å². The lowest BCUT2D eigenvalue weighted by Crippen LogP contribution is -2.27. The van der Waals surface area contributed by atoms with Crippen molar-refractivity contribution in [3.63, 3.8) is 0 Å². The fourth-order valence-electron chi connectivity index (χ4n) is 1.98. The molecule has 5 heteroatoms. The van der Waals surface area contributed by atoms with Gasteiger partial charge in [0.25, 0.3) is 0 Å². The molecule has 0 unspecified atom stereocenters. The van der Waals surface area contributed by atoms with Crippen LogP contribution in [0.4, 0.5) is 0 Å². The third-order valence-corrected chi connectivity index (χ3v) is 3.17. The van der Waals surface area contributed by atoms with Crippen molar-refractivity contribution in [2.45, 2.75) is 26.7 Å². The van der Waals surface area contributed by atoms with E-state index in [4.69, 9.17) is 9.26 Å². The fraction of sp³-hybridized carbons (Fsp3) is 0.375. The molecule has 0 bridgehead atoms. The van der Waals surface area contributed by atoms with E-state index in [9.17, 15) is 4.79 Å². The predicted molar refractivity (Wildman–Crippen MR) is 79.2 cm³/mol. The number of nitrogens with zero attached hydrogens (tertiary/aromatic N) is 1. The summed E-state index contributed by atoms with van der Waals surface area (Å²) < 4.78 is 10.6. The van der Waals surface area contributed by atoms with Crippen LogP contribution in [0.2, 0.25) is 0 Å². The summed E-state index contributed by atoms with van der Waals surface area (Å²) in [5.74, 6) is 1.53. The maximum Gasteiger partial charge on any atom is 0.224 e. The van der Waals surface area contributed by atoms with Crippen LogP contribution in [0, 0.1) is 13.8 Å². The Morgan fingerprint density at radius 3 is 2.71 bits per heavy atom. The number of para-hydroxylation sites is 1. The standard InChI is InChI=1S/C16H20N2O3/c1-12-15(13(2)21-18-12)11-16(19)17-9-6-10-20-14-7-4-3-5-8-14/h3-5,7-8H,6,9-11H2,1-2H3,(H,17,19). The molecule has 2 rings (SSSR count). The van der Waals surface area contributed by atoms with E-state index in [2.05, 4.69) is 10.5 Å². The highest BCUT2D eigenvalue weighted by molar-refractivity contribution is 5.78. The minimum Gasteiger partial charge on any atom is -0.494 e. The molecule has 0 saturated heterocycles. The molecule has 21 heavy (non-hydrogen) atoms. The number of aromatic nitrogens is 1. The fourth-order valence-corrected chi connectivity index (χ4v) is 1.98. The molecule has 0 aliphatic rings. The van der Waals surface area contributed by atoms with Crippen molar-refractivity contribution < 1.29 is 14.1 Å². The third kappa shape index (κ3) is 4.63. The van der Waals surface area contributed by atoms with Crippen LogP contribution in [-0.4, -0.2) is 24.2 Å². The van der Waals surface area contributed by atoms with Gasteiger partial charge in [-0.1, -0.05) is 23.4 Å². The predicted octanol–water partition coefficient (Wildman–Crippen LogP) is 2.42. The van der Waals surface area contributed by atoms with Crippen molar-refractivity contribution >= 4 is 5.91 Å². The van der Waals surface area contributed by atoms with Gasteiger partial charge in [0, 0.05) is 12.1 Å². The first kappa shape index (κ1) is 15.1. The molecule has 0 radical (unpaired) electrons. The second-order valence-corrected chi connectivity index (χ2v) is 4.84. The number of aryl methyl sites for hydroxylation is 2. The molecule has 0 aliphatic heterocycles. The summed E-state index contributed by atoms with van der Waals surface area (Å²) in [7, 11) is 0. The first-order valence-corrected chi connectivity index (χ1v) is 7.03. The second-order valence-electron chi connectivity index (χ2n) is 4.84. The molecule has 0 atom stereocenters. The Morgan fingerprint density at radius 2 is 2.05 bits per heavy atom. The smallest absolute Gasteiger partial charge is 0.224 e. The Morgan fingerprint density at radius 1 is 1.29 bits per heavy atom. The largest absolute Gasteiger partial charge is 0.494 e. The van der Waals surface area contributed by atoms with Gasteiger partial charge in [-0.3, -0.25) is 4.79 Å². The molecule has 0 spiro atoms. The highest BCUT2D eigenvalue weighted by Crippen LogP contribution is 2.12. The number of amides is 1. The number of carbonyl (C=O) groups is 1. The van der Waals surface area contributed by atoms with Crippen molar-refractivity contribution in [1.29, 1.82) is 0 Å². The minimum atomic E-state index is -0.0240. The van der Waals surface area contributed by atoms with Gasteiger partial charge < -0.3 is 14.6 Å². The molecule has 112 valence electrons. The summed E-state index contributed by atoms with van der Waals surface area (Å²) in [6.45, 7) is 4.83. The van der Waals surface area contributed by atoms with E-state index in [0.29, 0.717) is 25.3 Å². The maximum absolute atomic E-state index is 11.8. The second kappa shape index (κ2) is 7.47. The number of carbonyl (C=O) groups excluding carboxylic acids is 1. The number of ether oxygens (including phenoxy) is 1. The van der Waals surface area contributed by atoms with Crippen LogP contribution in [0.3, 0.4) is 0 Å². The summed E-state index contributed by atoms with van der Waals surface area (Å²) in [4.78, 5) is 11.8. The van der Waals surface area contributed by atoms with Crippen molar-refractivity contribution in [2.24, 2.45) is 0 Å². The lowest BCUT2D eigenvalue weighted by molar-refractivity contribution is -0.120. The Labute approximate surface area is 124 Å². The highest BCUT2D eigenvalue weighted by atomic mass is 16.5. The topological polar surface area (TPSA) is 64.4 Å². The minimum absolute atomic E-state index is 0.0240. The van der Waals surface area contributed by atoms with Gasteiger partial charge in [0.15, 0.2) is 0 Å². The molecular formula is C16H20N2O3. The SMILES string of the molecule is Cc1noc(C)c1CC(=O)NCCCOc1ccccc1. The summed E-state index contributed by atoms with van der Waals surface area (Å²) in [5, 5.41) is 6.71. The first-order chi connectivity index (χ1) is 10.2. The van der Waals surface area contributed by atoms with Crippen LogP contribution in [0.1, 0.15) is 23.4 Å². The van der Waals surface area contributed by atoms with E-state index in [0.717, 1.165) is 23.4 Å². The number of hydrogen-bond acceptors (Lipinski definition) is 4. The van der Waals surface area contributed by atoms with Crippen molar-refractivity contribution in [3.05, 3.63) is 47.3 Å². The number of rotatable bonds is 7. The molecule has 1 aromatic heterocycles. The third-order valence-electron chi connectivity index (χ3n) is 3.17. The van der Waals surface area contributed by atoms with Crippen molar-refractivity contribution in [1.82, 2.24) is 10.5 Å². The van der Waals surface area contributed by atoms with E-state index in [1.54, 1.807) is 0 Å². The Hall–Kier alpha value is -2.30. The normalized spacial score (nSPS) is 10.4. The Balaban J connectivity index is 1.64. The molecule has 1 heterocycles. The molecule has 1 amide bonds. The average Bonchev–Trinajstić information content (AvgIpc) is 2.80. The van der Waals surface area contributed by atoms with Crippen molar-refractivity contribution in [3.8, 4) is 5.75 Å². The average molecular weight is 288 g/mol. The number of hydrogen-bond donors (Lipinski definition) is 1. The molecular weight excluding hydrogens is 268 g/mol. The van der Waals surface area contributed by atoms with Crippen LogP contribution in [-0.2, 0) is 11.2 Å². The van der Waals surface area contributed by atoms with Crippen LogP contribution < -0.4 is 10.1 Å². The quantitative estimate of drug-likeness (QED) is 0.795. The monoisotopic (exact) mass is 288 g/mol. The van der Waals surface area contributed by atoms with Gasteiger partial charge in [-0.05, 0) is 32.4 Å². The van der Waals surface area contributed by atoms with Crippen LogP contribution >= 0.6 is 0 Å². The molecule has 2 aromatic rings. The highest BCUT2D eigenvalue weighted by Gasteiger charge is 2.12. The van der Waals surface area contributed by atoms with Crippen LogP contribution in [0.25, 0.3) is 0 Å². The van der Waals surface area contributed by atoms with E-state index in [1.165, 1.54) is 0 Å². The van der Waals surface area contributed by atoms with Gasteiger partial charge in [-0.2, -0.15) is 0 Å². The summed E-state index contributed by atoms with van der Waals surface area (Å²) >= 11 is 0. The maximum atomic E-state index is 11.8. The van der Waals surface area contributed by atoms with E-state index < -0.39 is 0 Å². The molecule has 5 nitrogen and oxygen atoms in total. The Bertz CT molecular complexity index is 559. The summed E-state index contributed by atoms with van der Waals surface area (Å²) in [5.41, 5.74) is 1.64.